The Balaban J connectivity index is 2.34. The van der Waals surface area contributed by atoms with E-state index in [4.69, 9.17) is 38.2 Å². The van der Waals surface area contributed by atoms with Gasteiger partial charge >= 0.3 is 5.97 Å². The van der Waals surface area contributed by atoms with Crippen molar-refractivity contribution in [1.82, 2.24) is 0 Å². The number of hydrogen-bond acceptors (Lipinski definition) is 3. The molecule has 6 heteroatoms. The van der Waals surface area contributed by atoms with Crippen LogP contribution in [0.15, 0.2) is 36.4 Å². The number of ether oxygens (including phenoxy) is 1. The molecule has 0 atom stereocenters. The number of benzene rings is 2. The Kier molecular flexibility index (Phi) is 3.83. The Morgan fingerprint density at radius 2 is 1.63 bits per heavy atom. The van der Waals surface area contributed by atoms with Crippen molar-refractivity contribution in [2.24, 2.45) is 0 Å². The lowest BCUT2D eigenvalue weighted by molar-refractivity contribution is 0.0697. The van der Waals surface area contributed by atoms with Crippen molar-refractivity contribution in [3.63, 3.8) is 0 Å². The van der Waals surface area contributed by atoms with Crippen LogP contribution in [0.5, 0.6) is 17.2 Å². The van der Waals surface area contributed by atoms with Gasteiger partial charge in [0.15, 0.2) is 0 Å². The van der Waals surface area contributed by atoms with Crippen LogP contribution in [-0.2, 0) is 0 Å². The molecule has 0 aromatic heterocycles. The van der Waals surface area contributed by atoms with Crippen LogP contribution in [0.25, 0.3) is 0 Å². The Bertz CT molecular complexity index is 623. The van der Waals surface area contributed by atoms with E-state index in [0.29, 0.717) is 5.75 Å². The largest absolute Gasteiger partial charge is 0.508 e. The van der Waals surface area contributed by atoms with Crippen LogP contribution in [-0.4, -0.2) is 16.2 Å². The number of carbonyl (C=O) groups is 1. The standard InChI is InChI=1S/C13H8Cl2O4/c14-11-9(13(17)18)5-6-10(12(11)15)19-8-3-1-7(16)2-4-8/h1-6,16H,(H,17,18). The van der Waals surface area contributed by atoms with E-state index >= 15 is 0 Å². The van der Waals surface area contributed by atoms with Gasteiger partial charge in [0.05, 0.1) is 10.6 Å². The summed E-state index contributed by atoms with van der Waals surface area (Å²) in [5, 5.41) is 18.0. The van der Waals surface area contributed by atoms with Crippen LogP contribution >= 0.6 is 23.2 Å². The van der Waals surface area contributed by atoms with E-state index in [-0.39, 0.29) is 27.1 Å². The first-order valence-corrected chi connectivity index (χ1v) is 5.93. The van der Waals surface area contributed by atoms with Gasteiger partial charge in [-0.15, -0.1) is 0 Å². The maximum atomic E-state index is 10.9. The van der Waals surface area contributed by atoms with Crippen LogP contribution in [0.4, 0.5) is 0 Å². The van der Waals surface area contributed by atoms with Crippen LogP contribution < -0.4 is 4.74 Å². The van der Waals surface area contributed by atoms with Crippen molar-refractivity contribution in [3.05, 3.63) is 52.0 Å². The highest BCUT2D eigenvalue weighted by Gasteiger charge is 2.16. The molecule has 19 heavy (non-hydrogen) atoms. The number of aromatic carboxylic acids is 1. The zero-order valence-electron chi connectivity index (χ0n) is 9.43. The molecule has 0 bridgehead atoms. The quantitative estimate of drug-likeness (QED) is 0.891. The van der Waals surface area contributed by atoms with Gasteiger partial charge in [-0.2, -0.15) is 0 Å². The summed E-state index contributed by atoms with van der Waals surface area (Å²) in [4.78, 5) is 10.9. The lowest BCUT2D eigenvalue weighted by Crippen LogP contribution is -1.98. The second-order valence-electron chi connectivity index (χ2n) is 3.64. The Morgan fingerprint density at radius 3 is 2.21 bits per heavy atom. The van der Waals surface area contributed by atoms with Crippen LogP contribution in [0.3, 0.4) is 0 Å². The molecule has 2 rings (SSSR count). The van der Waals surface area contributed by atoms with Crippen molar-refractivity contribution in [3.8, 4) is 17.2 Å². The van der Waals surface area contributed by atoms with Gasteiger partial charge in [0, 0.05) is 0 Å². The molecule has 0 amide bonds. The topological polar surface area (TPSA) is 66.8 Å². The van der Waals surface area contributed by atoms with E-state index in [2.05, 4.69) is 0 Å². The van der Waals surface area contributed by atoms with Gasteiger partial charge in [-0.3, -0.25) is 0 Å². The van der Waals surface area contributed by atoms with E-state index in [1.54, 1.807) is 12.1 Å². The molecule has 2 aromatic carbocycles. The molecular weight excluding hydrogens is 291 g/mol. The number of halogens is 2. The third kappa shape index (κ3) is 2.92. The Labute approximate surface area is 118 Å². The van der Waals surface area contributed by atoms with E-state index in [1.807, 2.05) is 0 Å². The molecule has 98 valence electrons. The van der Waals surface area contributed by atoms with E-state index < -0.39 is 5.97 Å². The molecule has 4 nitrogen and oxygen atoms in total. The summed E-state index contributed by atoms with van der Waals surface area (Å²) >= 11 is 11.8. The zero-order valence-corrected chi connectivity index (χ0v) is 10.9. The average molecular weight is 299 g/mol. The first-order valence-electron chi connectivity index (χ1n) is 5.17. The van der Waals surface area contributed by atoms with Crippen molar-refractivity contribution < 1.29 is 19.7 Å². The minimum atomic E-state index is -1.16. The minimum absolute atomic E-state index is 0.0228. The van der Waals surface area contributed by atoms with Gasteiger partial charge in [0.2, 0.25) is 0 Å². The van der Waals surface area contributed by atoms with Crippen molar-refractivity contribution in [1.29, 1.82) is 0 Å². The molecule has 0 radical (unpaired) electrons. The number of aromatic hydroxyl groups is 1. The smallest absolute Gasteiger partial charge is 0.337 e. The van der Waals surface area contributed by atoms with Gasteiger partial charge in [-0.1, -0.05) is 23.2 Å². The monoisotopic (exact) mass is 298 g/mol. The second-order valence-corrected chi connectivity index (χ2v) is 4.40. The third-order valence-electron chi connectivity index (χ3n) is 2.34. The lowest BCUT2D eigenvalue weighted by Gasteiger charge is -2.10. The summed E-state index contributed by atoms with van der Waals surface area (Å²) < 4.78 is 5.46. The summed E-state index contributed by atoms with van der Waals surface area (Å²) in [7, 11) is 0. The van der Waals surface area contributed by atoms with Crippen LogP contribution in [0.1, 0.15) is 10.4 Å². The fourth-order valence-corrected chi connectivity index (χ4v) is 1.86. The molecule has 0 heterocycles. The maximum Gasteiger partial charge on any atom is 0.337 e. The summed E-state index contributed by atoms with van der Waals surface area (Å²) in [5.74, 6) is -0.373. The molecule has 0 spiro atoms. The van der Waals surface area contributed by atoms with Crippen LogP contribution in [0, 0.1) is 0 Å². The van der Waals surface area contributed by atoms with E-state index in [1.165, 1.54) is 24.3 Å². The van der Waals surface area contributed by atoms with Gasteiger partial charge < -0.3 is 14.9 Å². The molecular formula is C13H8Cl2O4. The average Bonchev–Trinajstić information content (AvgIpc) is 2.37. The Morgan fingerprint density at radius 1 is 1.00 bits per heavy atom. The van der Waals surface area contributed by atoms with Gasteiger partial charge in [0.1, 0.15) is 22.3 Å². The summed E-state index contributed by atoms with van der Waals surface area (Å²) in [5.41, 5.74) is -0.0928. The second kappa shape index (κ2) is 5.38. The molecule has 0 aliphatic rings. The highest BCUT2D eigenvalue weighted by atomic mass is 35.5. The highest BCUT2D eigenvalue weighted by Crippen LogP contribution is 2.37. The van der Waals surface area contributed by atoms with Gasteiger partial charge in [-0.05, 0) is 36.4 Å². The molecule has 0 saturated heterocycles. The first-order chi connectivity index (χ1) is 8.99. The minimum Gasteiger partial charge on any atom is -0.508 e. The Hall–Kier alpha value is -1.91. The van der Waals surface area contributed by atoms with Gasteiger partial charge in [0.25, 0.3) is 0 Å². The van der Waals surface area contributed by atoms with Gasteiger partial charge in [-0.25, -0.2) is 4.79 Å². The maximum absolute atomic E-state index is 10.9. The SMILES string of the molecule is O=C(O)c1ccc(Oc2ccc(O)cc2)c(Cl)c1Cl. The molecule has 0 fully saturated rings. The molecule has 0 aliphatic carbocycles. The molecule has 2 aromatic rings. The predicted octanol–water partition coefficient (Wildman–Crippen LogP) is 4.19. The normalized spacial score (nSPS) is 10.2. The first kappa shape index (κ1) is 13.5. The number of phenolic OH excluding ortho intramolecular Hbond substituents is 1. The van der Waals surface area contributed by atoms with E-state index in [0.717, 1.165) is 0 Å². The third-order valence-corrected chi connectivity index (χ3v) is 3.21. The zero-order chi connectivity index (χ0) is 14.0. The number of carboxylic acids is 1. The van der Waals surface area contributed by atoms with Crippen molar-refractivity contribution in [2.45, 2.75) is 0 Å². The van der Waals surface area contributed by atoms with Crippen molar-refractivity contribution in [2.75, 3.05) is 0 Å². The fourth-order valence-electron chi connectivity index (χ4n) is 1.42. The van der Waals surface area contributed by atoms with Crippen molar-refractivity contribution >= 4 is 29.2 Å². The van der Waals surface area contributed by atoms with Crippen LogP contribution in [0.2, 0.25) is 10.0 Å². The summed E-state index contributed by atoms with van der Waals surface area (Å²) in [6.45, 7) is 0. The number of carboxylic acid groups (broad SMARTS) is 1. The fraction of sp³-hybridized carbons (Fsp3) is 0. The molecule has 0 unspecified atom stereocenters. The van der Waals surface area contributed by atoms with E-state index in [9.17, 15) is 4.79 Å². The molecule has 0 aliphatic heterocycles. The number of hydrogen-bond donors (Lipinski definition) is 2. The summed E-state index contributed by atoms with van der Waals surface area (Å²) in [6.07, 6.45) is 0. The summed E-state index contributed by atoms with van der Waals surface area (Å²) in [6, 6.07) is 8.74. The number of rotatable bonds is 3. The molecule has 0 saturated carbocycles. The lowest BCUT2D eigenvalue weighted by atomic mass is 10.2. The molecule has 2 N–H and O–H groups in total. The highest BCUT2D eigenvalue weighted by molar-refractivity contribution is 6.44. The predicted molar refractivity (Wildman–Crippen MR) is 71.6 cm³/mol. The number of phenols is 1.